The number of amides is 1. The topological polar surface area (TPSA) is 87.3 Å². The molecule has 3 rings (SSSR count). The molecule has 1 aliphatic heterocycles. The van der Waals surface area contributed by atoms with Crippen molar-refractivity contribution in [3.63, 3.8) is 0 Å². The van der Waals surface area contributed by atoms with Gasteiger partial charge in [0.1, 0.15) is 0 Å². The Morgan fingerprint density at radius 2 is 1.84 bits per heavy atom. The Kier molecular flexibility index (Phi) is 5.76. The standard InChI is InChI=1S/C18H27N3O3S/c1-13-8-9-14(18(22)20-16-7-4-10-19-12-16)11-17(13)25(23,24)21-15-5-2-3-6-15/h8-9,11,15-16,19,21H,2-7,10,12H2,1H3,(H,20,22)/t16-/m0/s1. The van der Waals surface area contributed by atoms with Gasteiger partial charge in [-0.25, -0.2) is 13.1 Å². The van der Waals surface area contributed by atoms with Gasteiger partial charge in [-0.3, -0.25) is 4.79 Å². The molecular formula is C18H27N3O3S. The highest BCUT2D eigenvalue weighted by atomic mass is 32.2. The fourth-order valence-electron chi connectivity index (χ4n) is 3.60. The van der Waals surface area contributed by atoms with E-state index in [-0.39, 0.29) is 22.9 Å². The minimum atomic E-state index is -3.61. The predicted molar refractivity (Wildman–Crippen MR) is 97.1 cm³/mol. The molecule has 1 atom stereocenters. The van der Waals surface area contributed by atoms with Crippen molar-refractivity contribution in [3.05, 3.63) is 29.3 Å². The molecule has 1 saturated heterocycles. The number of aryl methyl sites for hydroxylation is 1. The zero-order chi connectivity index (χ0) is 17.9. The lowest BCUT2D eigenvalue weighted by Crippen LogP contribution is -2.45. The van der Waals surface area contributed by atoms with Crippen LogP contribution in [0.3, 0.4) is 0 Å². The molecule has 0 aromatic heterocycles. The van der Waals surface area contributed by atoms with E-state index in [1.165, 1.54) is 6.07 Å². The smallest absolute Gasteiger partial charge is 0.251 e. The zero-order valence-corrected chi connectivity index (χ0v) is 15.5. The van der Waals surface area contributed by atoms with Crippen molar-refractivity contribution in [1.82, 2.24) is 15.4 Å². The Bertz CT molecular complexity index is 721. The van der Waals surface area contributed by atoms with Gasteiger partial charge in [-0.1, -0.05) is 18.9 Å². The van der Waals surface area contributed by atoms with Crippen molar-refractivity contribution in [2.75, 3.05) is 13.1 Å². The summed E-state index contributed by atoms with van der Waals surface area (Å²) in [6.07, 6.45) is 5.86. The van der Waals surface area contributed by atoms with Crippen LogP contribution in [0.1, 0.15) is 54.4 Å². The van der Waals surface area contributed by atoms with Crippen molar-refractivity contribution in [2.45, 2.75) is 62.4 Å². The minimum Gasteiger partial charge on any atom is -0.348 e. The molecule has 1 aliphatic carbocycles. The highest BCUT2D eigenvalue weighted by Gasteiger charge is 2.25. The molecule has 1 heterocycles. The molecule has 6 nitrogen and oxygen atoms in total. The second-order valence-electron chi connectivity index (χ2n) is 7.10. The van der Waals surface area contributed by atoms with E-state index in [1.54, 1.807) is 19.1 Å². The molecule has 138 valence electrons. The summed E-state index contributed by atoms with van der Waals surface area (Å²) in [5.74, 6) is -0.217. The summed E-state index contributed by atoms with van der Waals surface area (Å²) in [5, 5.41) is 6.25. The van der Waals surface area contributed by atoms with E-state index < -0.39 is 10.0 Å². The van der Waals surface area contributed by atoms with Crippen LogP contribution in [0.5, 0.6) is 0 Å². The maximum absolute atomic E-state index is 12.7. The van der Waals surface area contributed by atoms with E-state index in [1.807, 2.05) is 0 Å². The van der Waals surface area contributed by atoms with Crippen LogP contribution in [0.2, 0.25) is 0 Å². The van der Waals surface area contributed by atoms with E-state index in [0.717, 1.165) is 51.6 Å². The SMILES string of the molecule is Cc1ccc(C(=O)N[C@H]2CCCNC2)cc1S(=O)(=O)NC1CCCC1. The Morgan fingerprint density at radius 3 is 2.52 bits per heavy atom. The molecule has 25 heavy (non-hydrogen) atoms. The molecule has 1 amide bonds. The molecule has 1 saturated carbocycles. The van der Waals surface area contributed by atoms with Crippen LogP contribution in [0.25, 0.3) is 0 Å². The fraction of sp³-hybridized carbons (Fsp3) is 0.611. The van der Waals surface area contributed by atoms with Gasteiger partial charge in [0.25, 0.3) is 5.91 Å². The largest absolute Gasteiger partial charge is 0.348 e. The summed E-state index contributed by atoms with van der Waals surface area (Å²) in [7, 11) is -3.61. The first-order chi connectivity index (χ1) is 12.0. The predicted octanol–water partition coefficient (Wildman–Crippen LogP) is 1.70. The van der Waals surface area contributed by atoms with Crippen molar-refractivity contribution >= 4 is 15.9 Å². The third-order valence-electron chi connectivity index (χ3n) is 5.05. The van der Waals surface area contributed by atoms with Crippen LogP contribution in [-0.2, 0) is 10.0 Å². The van der Waals surface area contributed by atoms with Crippen LogP contribution in [0.4, 0.5) is 0 Å². The lowest BCUT2D eigenvalue weighted by Gasteiger charge is -2.24. The van der Waals surface area contributed by atoms with E-state index in [2.05, 4.69) is 15.4 Å². The maximum atomic E-state index is 12.7. The average Bonchev–Trinajstić information content (AvgIpc) is 3.08. The molecule has 2 fully saturated rings. The zero-order valence-electron chi connectivity index (χ0n) is 14.7. The van der Waals surface area contributed by atoms with E-state index in [9.17, 15) is 13.2 Å². The maximum Gasteiger partial charge on any atom is 0.251 e. The van der Waals surface area contributed by atoms with Crippen LogP contribution in [0, 0.1) is 6.92 Å². The van der Waals surface area contributed by atoms with E-state index in [0.29, 0.717) is 11.1 Å². The Hall–Kier alpha value is -1.44. The fourth-order valence-corrected chi connectivity index (χ4v) is 5.18. The second kappa shape index (κ2) is 7.85. The second-order valence-corrected chi connectivity index (χ2v) is 8.78. The van der Waals surface area contributed by atoms with E-state index >= 15 is 0 Å². The summed E-state index contributed by atoms with van der Waals surface area (Å²) in [5.41, 5.74) is 1.05. The van der Waals surface area contributed by atoms with Crippen LogP contribution in [-0.4, -0.2) is 39.5 Å². The van der Waals surface area contributed by atoms with Gasteiger partial charge in [-0.15, -0.1) is 0 Å². The normalized spacial score (nSPS) is 22.0. The third-order valence-corrected chi connectivity index (χ3v) is 6.71. The monoisotopic (exact) mass is 365 g/mol. The highest BCUT2D eigenvalue weighted by Crippen LogP contribution is 2.22. The van der Waals surface area contributed by atoms with Crippen molar-refractivity contribution < 1.29 is 13.2 Å². The van der Waals surface area contributed by atoms with Crippen LogP contribution in [0.15, 0.2) is 23.1 Å². The molecule has 1 aromatic carbocycles. The molecule has 3 N–H and O–H groups in total. The average molecular weight is 365 g/mol. The number of nitrogens with one attached hydrogen (secondary N) is 3. The molecule has 0 radical (unpaired) electrons. The van der Waals surface area contributed by atoms with Gasteiger partial charge in [0.05, 0.1) is 4.90 Å². The number of hydrogen-bond donors (Lipinski definition) is 3. The van der Waals surface area contributed by atoms with Gasteiger partial charge >= 0.3 is 0 Å². The third kappa shape index (κ3) is 4.59. The summed E-state index contributed by atoms with van der Waals surface area (Å²) in [4.78, 5) is 12.7. The van der Waals surface area contributed by atoms with E-state index in [4.69, 9.17) is 0 Å². The molecule has 1 aromatic rings. The summed E-state index contributed by atoms with van der Waals surface area (Å²) in [6.45, 7) is 3.49. The van der Waals surface area contributed by atoms with Gasteiger partial charge in [-0.05, 0) is 56.8 Å². The summed E-state index contributed by atoms with van der Waals surface area (Å²) >= 11 is 0. The van der Waals surface area contributed by atoms with Crippen LogP contribution >= 0.6 is 0 Å². The number of rotatable bonds is 5. The first kappa shape index (κ1) is 18.4. The molecule has 2 aliphatic rings. The van der Waals surface area contributed by atoms with Gasteiger partial charge in [0.2, 0.25) is 10.0 Å². The Morgan fingerprint density at radius 1 is 1.12 bits per heavy atom. The first-order valence-corrected chi connectivity index (χ1v) is 10.6. The van der Waals surface area contributed by atoms with Gasteiger partial charge in [0, 0.05) is 24.2 Å². The van der Waals surface area contributed by atoms with Crippen molar-refractivity contribution in [1.29, 1.82) is 0 Å². The van der Waals surface area contributed by atoms with Crippen LogP contribution < -0.4 is 15.4 Å². The number of hydrogen-bond acceptors (Lipinski definition) is 4. The molecule has 0 unspecified atom stereocenters. The van der Waals surface area contributed by atoms with Crippen molar-refractivity contribution in [3.8, 4) is 0 Å². The molecular weight excluding hydrogens is 338 g/mol. The minimum absolute atomic E-state index is 0.00944. The number of sulfonamides is 1. The summed E-state index contributed by atoms with van der Waals surface area (Å²) in [6, 6.07) is 5.00. The van der Waals surface area contributed by atoms with Gasteiger partial charge in [-0.2, -0.15) is 0 Å². The number of carbonyl (C=O) groups excluding carboxylic acids is 1. The highest BCUT2D eigenvalue weighted by molar-refractivity contribution is 7.89. The molecule has 7 heteroatoms. The van der Waals surface area contributed by atoms with Gasteiger partial charge in [0.15, 0.2) is 0 Å². The number of carbonyl (C=O) groups is 1. The quantitative estimate of drug-likeness (QED) is 0.741. The molecule has 0 spiro atoms. The lowest BCUT2D eigenvalue weighted by molar-refractivity contribution is 0.0930. The number of benzene rings is 1. The molecule has 0 bridgehead atoms. The number of piperidine rings is 1. The summed E-state index contributed by atoms with van der Waals surface area (Å²) < 4.78 is 28.2. The Balaban J connectivity index is 1.76. The van der Waals surface area contributed by atoms with Crippen molar-refractivity contribution in [2.24, 2.45) is 0 Å². The van der Waals surface area contributed by atoms with Gasteiger partial charge < -0.3 is 10.6 Å². The Labute approximate surface area is 149 Å². The lowest BCUT2D eigenvalue weighted by atomic mass is 10.1. The first-order valence-electron chi connectivity index (χ1n) is 9.10.